The second kappa shape index (κ2) is 5.06. The summed E-state index contributed by atoms with van der Waals surface area (Å²) < 4.78 is 0. The Balaban J connectivity index is 1.51. The van der Waals surface area contributed by atoms with Crippen LogP contribution in [0.1, 0.15) is 17.2 Å². The largest absolute Gasteiger partial charge is 0.365 e. The molecule has 118 valence electrons. The van der Waals surface area contributed by atoms with Gasteiger partial charge in [-0.2, -0.15) is 0 Å². The minimum atomic E-state index is 0.102. The average Bonchev–Trinajstić information content (AvgIpc) is 3.09. The van der Waals surface area contributed by atoms with Crippen LogP contribution in [0.5, 0.6) is 0 Å². The summed E-state index contributed by atoms with van der Waals surface area (Å²) >= 11 is 0. The predicted octanol–water partition coefficient (Wildman–Crippen LogP) is 3.60. The fraction of sp³-hybridized carbons (Fsp3) is 0.200. The Morgan fingerprint density at radius 3 is 2.79 bits per heavy atom. The van der Waals surface area contributed by atoms with Crippen molar-refractivity contribution in [2.45, 2.75) is 12.3 Å². The summed E-state index contributed by atoms with van der Waals surface area (Å²) in [5, 5.41) is 3.07. The smallest absolute Gasteiger partial charge is 0.228 e. The normalized spacial score (nSPS) is 24.0. The topological polar surface area (TPSA) is 57.8 Å². The van der Waals surface area contributed by atoms with Crippen LogP contribution in [0.4, 0.5) is 5.69 Å². The Morgan fingerprint density at radius 1 is 1.04 bits per heavy atom. The van der Waals surface area contributed by atoms with E-state index in [2.05, 4.69) is 39.6 Å². The second-order valence-corrected chi connectivity index (χ2v) is 6.65. The lowest BCUT2D eigenvalue weighted by molar-refractivity contribution is -0.117. The number of nitrogens with zero attached hydrogens (tertiary/aromatic N) is 1. The van der Waals surface area contributed by atoms with E-state index in [9.17, 15) is 4.79 Å². The molecule has 1 aromatic carbocycles. The van der Waals surface area contributed by atoms with Crippen LogP contribution in [0.25, 0.3) is 11.1 Å². The van der Waals surface area contributed by atoms with Gasteiger partial charge in [0.25, 0.3) is 0 Å². The van der Waals surface area contributed by atoms with Crippen LogP contribution in [-0.4, -0.2) is 15.9 Å². The number of pyridine rings is 1. The van der Waals surface area contributed by atoms with Crippen molar-refractivity contribution in [3.63, 3.8) is 0 Å². The number of amides is 1. The quantitative estimate of drug-likeness (QED) is 0.776. The van der Waals surface area contributed by atoms with Gasteiger partial charge in [0.15, 0.2) is 0 Å². The fourth-order valence-electron chi connectivity index (χ4n) is 4.04. The van der Waals surface area contributed by atoms with Crippen LogP contribution in [0, 0.1) is 11.8 Å². The van der Waals surface area contributed by atoms with E-state index in [1.807, 2.05) is 30.6 Å². The zero-order chi connectivity index (χ0) is 16.1. The van der Waals surface area contributed by atoms with Crippen molar-refractivity contribution in [1.82, 2.24) is 9.97 Å². The molecule has 0 radical (unpaired) electrons. The molecule has 5 rings (SSSR count). The number of carbonyl (C=O) groups excluding carboxylic acids is 1. The first-order chi connectivity index (χ1) is 11.8. The molecule has 4 nitrogen and oxygen atoms in total. The highest BCUT2D eigenvalue weighted by molar-refractivity contribution is 6.00. The Morgan fingerprint density at radius 2 is 2.00 bits per heavy atom. The number of fused-ring (bicyclic) bond motifs is 3. The number of aromatic amines is 1. The predicted molar refractivity (Wildman–Crippen MR) is 92.5 cm³/mol. The molecule has 2 aliphatic rings. The molecule has 2 N–H and O–H groups in total. The standard InChI is InChI=1S/C20H17N3O/c24-20-19-16(10-14-4-2-8-22-14)18(19)15-9-12(5-6-17(15)23-20)13-3-1-7-21-11-13/h1-9,11,16,18-19,22H,10H2,(H,23,24). The van der Waals surface area contributed by atoms with E-state index in [0.717, 1.165) is 23.2 Å². The van der Waals surface area contributed by atoms with Crippen molar-refractivity contribution in [3.05, 3.63) is 72.3 Å². The Labute approximate surface area is 139 Å². The van der Waals surface area contributed by atoms with Gasteiger partial charge in [-0.05, 0) is 59.4 Å². The van der Waals surface area contributed by atoms with E-state index >= 15 is 0 Å². The maximum atomic E-state index is 12.4. The van der Waals surface area contributed by atoms with Crippen molar-refractivity contribution in [3.8, 4) is 11.1 Å². The molecule has 4 heteroatoms. The molecule has 1 fully saturated rings. The van der Waals surface area contributed by atoms with E-state index in [1.54, 1.807) is 6.20 Å². The second-order valence-electron chi connectivity index (χ2n) is 6.65. The van der Waals surface area contributed by atoms with Gasteiger partial charge in [-0.3, -0.25) is 9.78 Å². The fourth-order valence-corrected chi connectivity index (χ4v) is 4.04. The summed E-state index contributed by atoms with van der Waals surface area (Å²) in [6, 6.07) is 14.4. The number of benzene rings is 1. The maximum Gasteiger partial charge on any atom is 0.228 e. The summed E-state index contributed by atoms with van der Waals surface area (Å²) in [6.45, 7) is 0. The van der Waals surface area contributed by atoms with E-state index in [0.29, 0.717) is 11.8 Å². The number of rotatable bonds is 3. The number of anilines is 1. The third-order valence-electron chi connectivity index (χ3n) is 5.25. The van der Waals surface area contributed by atoms with Crippen molar-refractivity contribution >= 4 is 11.6 Å². The minimum absolute atomic E-state index is 0.102. The highest BCUT2D eigenvalue weighted by atomic mass is 16.2. The van der Waals surface area contributed by atoms with Crippen LogP contribution in [0.3, 0.4) is 0 Å². The summed E-state index contributed by atoms with van der Waals surface area (Å²) in [6.07, 6.45) is 6.53. The molecule has 0 bridgehead atoms. The van der Waals surface area contributed by atoms with E-state index in [4.69, 9.17) is 0 Å². The lowest BCUT2D eigenvalue weighted by Crippen LogP contribution is -2.20. The van der Waals surface area contributed by atoms with Gasteiger partial charge in [0.1, 0.15) is 0 Å². The number of aromatic nitrogens is 2. The van der Waals surface area contributed by atoms with Crippen molar-refractivity contribution in [1.29, 1.82) is 0 Å². The summed E-state index contributed by atoms with van der Waals surface area (Å²) in [5.41, 5.74) is 5.69. The molecule has 1 amide bonds. The SMILES string of the molecule is O=C1Nc2ccc(-c3cccnc3)cc2C2C(Cc3ccc[nH]3)C12. The van der Waals surface area contributed by atoms with Crippen molar-refractivity contribution < 1.29 is 4.79 Å². The molecule has 0 saturated heterocycles. The molecular formula is C20H17N3O. The molecule has 0 spiro atoms. The van der Waals surface area contributed by atoms with Crippen LogP contribution in [0.15, 0.2) is 61.1 Å². The summed E-state index contributed by atoms with van der Waals surface area (Å²) in [7, 11) is 0. The third kappa shape index (κ3) is 2.07. The Hall–Kier alpha value is -2.88. The molecule has 3 unspecified atom stereocenters. The van der Waals surface area contributed by atoms with Gasteiger partial charge in [0.05, 0.1) is 0 Å². The number of hydrogen-bond acceptors (Lipinski definition) is 2. The Kier molecular flexibility index (Phi) is 2.86. The van der Waals surface area contributed by atoms with Crippen LogP contribution < -0.4 is 5.32 Å². The molecule has 1 aliphatic heterocycles. The molecular weight excluding hydrogens is 298 g/mol. The lowest BCUT2D eigenvalue weighted by Gasteiger charge is -2.17. The summed E-state index contributed by atoms with van der Waals surface area (Å²) in [5.74, 6) is 0.978. The Bertz CT molecular complexity index is 902. The van der Waals surface area contributed by atoms with Crippen LogP contribution in [-0.2, 0) is 11.2 Å². The average molecular weight is 315 g/mol. The third-order valence-corrected chi connectivity index (χ3v) is 5.25. The number of hydrogen-bond donors (Lipinski definition) is 2. The van der Waals surface area contributed by atoms with Gasteiger partial charge < -0.3 is 10.3 Å². The lowest BCUT2D eigenvalue weighted by atomic mass is 9.97. The minimum Gasteiger partial charge on any atom is -0.365 e. The van der Waals surface area contributed by atoms with Gasteiger partial charge in [0, 0.05) is 41.8 Å². The van der Waals surface area contributed by atoms with Crippen LogP contribution in [0.2, 0.25) is 0 Å². The molecule has 1 saturated carbocycles. The van der Waals surface area contributed by atoms with Gasteiger partial charge in [-0.15, -0.1) is 0 Å². The van der Waals surface area contributed by atoms with E-state index < -0.39 is 0 Å². The molecule has 2 aromatic heterocycles. The monoisotopic (exact) mass is 315 g/mol. The van der Waals surface area contributed by atoms with E-state index in [-0.39, 0.29) is 11.8 Å². The first-order valence-corrected chi connectivity index (χ1v) is 8.29. The molecule has 3 atom stereocenters. The zero-order valence-corrected chi connectivity index (χ0v) is 13.1. The highest BCUT2D eigenvalue weighted by Gasteiger charge is 2.58. The van der Waals surface area contributed by atoms with Gasteiger partial charge in [0.2, 0.25) is 5.91 Å². The molecule has 3 heterocycles. The van der Waals surface area contributed by atoms with Gasteiger partial charge >= 0.3 is 0 Å². The van der Waals surface area contributed by atoms with Crippen molar-refractivity contribution in [2.75, 3.05) is 5.32 Å². The first-order valence-electron chi connectivity index (χ1n) is 8.29. The van der Waals surface area contributed by atoms with Gasteiger partial charge in [-0.1, -0.05) is 12.1 Å². The van der Waals surface area contributed by atoms with Crippen LogP contribution >= 0.6 is 0 Å². The van der Waals surface area contributed by atoms with Gasteiger partial charge in [-0.25, -0.2) is 0 Å². The molecule has 24 heavy (non-hydrogen) atoms. The number of carbonyl (C=O) groups is 1. The first kappa shape index (κ1) is 13.5. The zero-order valence-electron chi connectivity index (χ0n) is 13.1. The van der Waals surface area contributed by atoms with E-state index in [1.165, 1.54) is 11.3 Å². The molecule has 1 aliphatic carbocycles. The highest BCUT2D eigenvalue weighted by Crippen LogP contribution is 2.60. The number of H-pyrrole nitrogens is 1. The molecule has 3 aromatic rings. The van der Waals surface area contributed by atoms with Crippen molar-refractivity contribution in [2.24, 2.45) is 11.8 Å². The maximum absolute atomic E-state index is 12.4. The number of nitrogens with one attached hydrogen (secondary N) is 2. The summed E-state index contributed by atoms with van der Waals surface area (Å²) in [4.78, 5) is 19.8.